The highest BCUT2D eigenvalue weighted by atomic mass is 79.9. The minimum Gasteiger partial charge on any atom is -0.392 e. The molecule has 0 aliphatic rings. The molecule has 116 valence electrons. The van der Waals surface area contributed by atoms with E-state index in [1.165, 1.54) is 0 Å². The van der Waals surface area contributed by atoms with Crippen LogP contribution in [0.1, 0.15) is 21.5 Å². The number of aliphatic hydroxyl groups is 1. The van der Waals surface area contributed by atoms with Gasteiger partial charge in [-0.05, 0) is 60.5 Å². The molecular weight excluding hydrogens is 356 g/mol. The fourth-order valence-electron chi connectivity index (χ4n) is 2.35. The van der Waals surface area contributed by atoms with Crippen LogP contribution in [0, 0.1) is 6.92 Å². The van der Waals surface area contributed by atoms with Gasteiger partial charge in [-0.2, -0.15) is 0 Å². The highest BCUT2D eigenvalue weighted by molar-refractivity contribution is 9.10. The number of pyridine rings is 1. The number of anilines is 1. The third-order valence-electron chi connectivity index (χ3n) is 3.62. The number of nitrogens with one attached hydrogen (secondary N) is 1. The summed E-state index contributed by atoms with van der Waals surface area (Å²) < 4.78 is 0.930. The number of aryl methyl sites for hydroxylation is 1. The number of benzene rings is 2. The van der Waals surface area contributed by atoms with Crippen molar-refractivity contribution in [1.82, 2.24) is 4.98 Å². The zero-order valence-corrected chi connectivity index (χ0v) is 14.1. The Labute approximate surface area is 142 Å². The van der Waals surface area contributed by atoms with Crippen molar-refractivity contribution in [3.63, 3.8) is 0 Å². The lowest BCUT2D eigenvalue weighted by atomic mass is 10.1. The van der Waals surface area contributed by atoms with Crippen LogP contribution in [0.2, 0.25) is 0 Å². The van der Waals surface area contributed by atoms with E-state index >= 15 is 0 Å². The molecule has 0 atom stereocenters. The number of hydrogen-bond donors (Lipinski definition) is 2. The van der Waals surface area contributed by atoms with Gasteiger partial charge in [0.25, 0.3) is 5.91 Å². The lowest BCUT2D eigenvalue weighted by Crippen LogP contribution is -2.12. The molecule has 0 aliphatic heterocycles. The van der Waals surface area contributed by atoms with Crippen molar-refractivity contribution in [2.75, 3.05) is 5.32 Å². The summed E-state index contributed by atoms with van der Waals surface area (Å²) in [6.07, 6.45) is 1.64. The van der Waals surface area contributed by atoms with Crippen molar-refractivity contribution in [3.8, 4) is 0 Å². The second-order valence-electron chi connectivity index (χ2n) is 5.32. The van der Waals surface area contributed by atoms with E-state index in [2.05, 4.69) is 26.2 Å². The molecule has 1 amide bonds. The van der Waals surface area contributed by atoms with Crippen LogP contribution in [0.5, 0.6) is 0 Å². The molecule has 0 saturated carbocycles. The molecule has 0 aliphatic carbocycles. The summed E-state index contributed by atoms with van der Waals surface area (Å²) in [6, 6.07) is 12.9. The number of carbonyl (C=O) groups is 1. The minimum absolute atomic E-state index is 0.0377. The summed E-state index contributed by atoms with van der Waals surface area (Å²) in [5, 5.41) is 13.0. The number of hydrogen-bond acceptors (Lipinski definition) is 3. The lowest BCUT2D eigenvalue weighted by Gasteiger charge is -2.10. The van der Waals surface area contributed by atoms with Crippen LogP contribution < -0.4 is 5.32 Å². The largest absolute Gasteiger partial charge is 0.392 e. The van der Waals surface area contributed by atoms with Gasteiger partial charge in [-0.15, -0.1) is 0 Å². The number of aromatic nitrogens is 1. The zero-order chi connectivity index (χ0) is 16.4. The van der Waals surface area contributed by atoms with Gasteiger partial charge in [-0.25, -0.2) is 0 Å². The second kappa shape index (κ2) is 6.48. The van der Waals surface area contributed by atoms with E-state index in [0.717, 1.165) is 32.2 Å². The average Bonchev–Trinajstić information content (AvgIpc) is 2.55. The Morgan fingerprint density at radius 3 is 2.65 bits per heavy atom. The van der Waals surface area contributed by atoms with Gasteiger partial charge in [0.2, 0.25) is 0 Å². The van der Waals surface area contributed by atoms with E-state index in [4.69, 9.17) is 0 Å². The maximum Gasteiger partial charge on any atom is 0.255 e. The van der Waals surface area contributed by atoms with Crippen LogP contribution in [0.3, 0.4) is 0 Å². The van der Waals surface area contributed by atoms with Gasteiger partial charge in [-0.3, -0.25) is 9.78 Å². The van der Waals surface area contributed by atoms with Crippen LogP contribution >= 0.6 is 15.9 Å². The molecule has 3 aromatic rings. The van der Waals surface area contributed by atoms with Crippen LogP contribution in [-0.4, -0.2) is 16.0 Å². The zero-order valence-electron chi connectivity index (χ0n) is 12.5. The van der Waals surface area contributed by atoms with Crippen LogP contribution in [0.15, 0.2) is 53.1 Å². The molecule has 4 nitrogen and oxygen atoms in total. The maximum atomic E-state index is 12.3. The normalized spacial score (nSPS) is 10.7. The van der Waals surface area contributed by atoms with Crippen molar-refractivity contribution in [1.29, 1.82) is 0 Å². The number of rotatable bonds is 3. The van der Waals surface area contributed by atoms with Crippen molar-refractivity contribution in [3.05, 3.63) is 69.8 Å². The lowest BCUT2D eigenvalue weighted by molar-refractivity contribution is 0.102. The standard InChI is InChI=1S/C18H15BrN2O2/c1-11-6-14-7-12(10-22)9-20-17(14)8-16(11)21-18(23)13-2-4-15(19)5-3-13/h2-9,22H,10H2,1H3,(H,21,23). The quantitative estimate of drug-likeness (QED) is 0.730. The van der Waals surface area contributed by atoms with Crippen molar-refractivity contribution in [2.45, 2.75) is 13.5 Å². The molecular formula is C18H15BrN2O2. The molecule has 0 unspecified atom stereocenters. The summed E-state index contributed by atoms with van der Waals surface area (Å²) in [5.74, 6) is -0.160. The minimum atomic E-state index is -0.160. The predicted octanol–water partition coefficient (Wildman–Crippen LogP) is 4.05. The average molecular weight is 371 g/mol. The second-order valence-corrected chi connectivity index (χ2v) is 6.24. The number of amides is 1. The molecule has 0 saturated heterocycles. The summed E-state index contributed by atoms with van der Waals surface area (Å²) in [4.78, 5) is 16.7. The Balaban J connectivity index is 1.91. The molecule has 2 aromatic carbocycles. The molecule has 5 heteroatoms. The van der Waals surface area contributed by atoms with Crippen molar-refractivity contribution in [2.24, 2.45) is 0 Å². The summed E-state index contributed by atoms with van der Waals surface area (Å²) in [6.45, 7) is 1.90. The number of carbonyl (C=O) groups excluding carboxylic acids is 1. The Morgan fingerprint density at radius 1 is 1.22 bits per heavy atom. The first kappa shape index (κ1) is 15.6. The first-order valence-electron chi connectivity index (χ1n) is 7.14. The van der Waals surface area contributed by atoms with Gasteiger partial charge in [0.05, 0.1) is 12.1 Å². The number of aliphatic hydroxyl groups excluding tert-OH is 1. The van der Waals surface area contributed by atoms with E-state index in [1.807, 2.05) is 37.3 Å². The third kappa shape index (κ3) is 3.41. The molecule has 0 fully saturated rings. The number of nitrogens with zero attached hydrogens (tertiary/aromatic N) is 1. The number of halogens is 1. The summed E-state index contributed by atoms with van der Waals surface area (Å²) >= 11 is 3.35. The topological polar surface area (TPSA) is 62.2 Å². The van der Waals surface area contributed by atoms with E-state index < -0.39 is 0 Å². The Bertz CT molecular complexity index is 876. The molecule has 23 heavy (non-hydrogen) atoms. The van der Waals surface area contributed by atoms with E-state index in [-0.39, 0.29) is 12.5 Å². The van der Waals surface area contributed by atoms with E-state index in [1.54, 1.807) is 18.3 Å². The summed E-state index contributed by atoms with van der Waals surface area (Å²) in [5.41, 5.74) is 3.81. The molecule has 0 bridgehead atoms. The van der Waals surface area contributed by atoms with Gasteiger partial charge < -0.3 is 10.4 Å². The highest BCUT2D eigenvalue weighted by Gasteiger charge is 2.09. The van der Waals surface area contributed by atoms with Crippen LogP contribution in [0.4, 0.5) is 5.69 Å². The smallest absolute Gasteiger partial charge is 0.255 e. The van der Waals surface area contributed by atoms with Gasteiger partial charge in [-0.1, -0.05) is 15.9 Å². The number of fused-ring (bicyclic) bond motifs is 1. The van der Waals surface area contributed by atoms with Gasteiger partial charge in [0.1, 0.15) is 0 Å². The van der Waals surface area contributed by atoms with Crippen molar-refractivity contribution < 1.29 is 9.90 Å². The Kier molecular flexibility index (Phi) is 4.41. The van der Waals surface area contributed by atoms with Gasteiger partial charge in [0, 0.05) is 27.3 Å². The molecule has 0 radical (unpaired) electrons. The fourth-order valence-corrected chi connectivity index (χ4v) is 2.62. The summed E-state index contributed by atoms with van der Waals surface area (Å²) in [7, 11) is 0. The molecule has 1 heterocycles. The van der Waals surface area contributed by atoms with Crippen molar-refractivity contribution >= 4 is 38.4 Å². The molecule has 0 spiro atoms. The Morgan fingerprint density at radius 2 is 1.96 bits per heavy atom. The monoisotopic (exact) mass is 370 g/mol. The first-order valence-corrected chi connectivity index (χ1v) is 7.93. The molecule has 3 rings (SSSR count). The third-order valence-corrected chi connectivity index (χ3v) is 4.15. The van der Waals surface area contributed by atoms with E-state index in [9.17, 15) is 9.90 Å². The SMILES string of the molecule is Cc1cc2cc(CO)cnc2cc1NC(=O)c1ccc(Br)cc1. The van der Waals surface area contributed by atoms with Crippen LogP contribution in [0.25, 0.3) is 10.9 Å². The van der Waals surface area contributed by atoms with Gasteiger partial charge >= 0.3 is 0 Å². The highest BCUT2D eigenvalue weighted by Crippen LogP contribution is 2.24. The Hall–Kier alpha value is -2.24. The first-order chi connectivity index (χ1) is 11.1. The fraction of sp³-hybridized carbons (Fsp3) is 0.111. The molecule has 1 aromatic heterocycles. The van der Waals surface area contributed by atoms with E-state index in [0.29, 0.717) is 5.56 Å². The molecule has 2 N–H and O–H groups in total. The maximum absolute atomic E-state index is 12.3. The van der Waals surface area contributed by atoms with Gasteiger partial charge in [0.15, 0.2) is 0 Å². The predicted molar refractivity (Wildman–Crippen MR) is 94.5 cm³/mol. The van der Waals surface area contributed by atoms with Crippen LogP contribution in [-0.2, 0) is 6.61 Å².